The fourth-order valence-corrected chi connectivity index (χ4v) is 5.19. The Morgan fingerprint density at radius 2 is 1.41 bits per heavy atom. The summed E-state index contributed by atoms with van der Waals surface area (Å²) >= 11 is 0. The van der Waals surface area contributed by atoms with Crippen LogP contribution >= 0.6 is 0 Å². The molecule has 0 rings (SSSR count). The minimum atomic E-state index is -3.95. The summed E-state index contributed by atoms with van der Waals surface area (Å²) in [5.74, 6) is 0.621. The molecule has 0 saturated carbocycles. The second-order valence-electron chi connectivity index (χ2n) is 8.23. The van der Waals surface area contributed by atoms with Gasteiger partial charge in [-0.2, -0.15) is 8.42 Å². The molecule has 0 aromatic heterocycles. The first-order valence-corrected chi connectivity index (χ1v) is 12.7. The average Bonchev–Trinajstić information content (AvgIpc) is 2.59. The molecule has 0 fully saturated rings. The van der Waals surface area contributed by atoms with Gasteiger partial charge in [-0.15, -0.1) is 0 Å². The van der Waals surface area contributed by atoms with Gasteiger partial charge in [0.2, 0.25) is 0 Å². The van der Waals surface area contributed by atoms with Crippen LogP contribution in [0.15, 0.2) is 0 Å². The zero-order chi connectivity index (χ0) is 20.8. The van der Waals surface area contributed by atoms with Gasteiger partial charge in [0.05, 0.1) is 12.2 Å². The molecule has 0 aliphatic carbocycles. The first kappa shape index (κ1) is 26.9. The van der Waals surface area contributed by atoms with Crippen molar-refractivity contribution >= 4 is 10.4 Å². The van der Waals surface area contributed by atoms with Crippen LogP contribution in [0.5, 0.6) is 0 Å². The molecular formula is C22H46O4S. The molecule has 0 heterocycles. The molecule has 0 bridgehead atoms. The lowest BCUT2D eigenvalue weighted by Crippen LogP contribution is -2.43. The van der Waals surface area contributed by atoms with E-state index in [2.05, 4.69) is 27.7 Å². The molecule has 0 aliphatic rings. The predicted molar refractivity (Wildman–Crippen MR) is 115 cm³/mol. The van der Waals surface area contributed by atoms with Crippen molar-refractivity contribution in [2.24, 2.45) is 11.8 Å². The fraction of sp³-hybridized carbons (Fsp3) is 1.00. The normalized spacial score (nSPS) is 16.8. The lowest BCUT2D eigenvalue weighted by molar-refractivity contribution is -0.0213. The Morgan fingerprint density at radius 3 is 1.93 bits per heavy atom. The number of hydrogen-bond acceptors (Lipinski definition) is 4. The summed E-state index contributed by atoms with van der Waals surface area (Å²) in [6.45, 7) is 12.6. The van der Waals surface area contributed by atoms with Crippen molar-refractivity contribution < 1.29 is 16.8 Å². The molecule has 0 aromatic carbocycles. The largest absolute Gasteiger partial charge is 0.400 e. The summed E-state index contributed by atoms with van der Waals surface area (Å²) in [6, 6.07) is 0. The van der Waals surface area contributed by atoms with E-state index in [0.29, 0.717) is 12.3 Å². The number of hydrogen-bond donors (Lipinski definition) is 0. The van der Waals surface area contributed by atoms with Crippen molar-refractivity contribution in [3.8, 4) is 0 Å². The van der Waals surface area contributed by atoms with E-state index in [1.165, 1.54) is 38.5 Å². The van der Waals surface area contributed by atoms with Crippen molar-refractivity contribution in [3.05, 3.63) is 0 Å². The maximum absolute atomic E-state index is 12.3. The Labute approximate surface area is 170 Å². The maximum Gasteiger partial charge on any atom is 0.400 e. The molecule has 3 atom stereocenters. The second kappa shape index (κ2) is 14.8. The van der Waals surface area contributed by atoms with Crippen LogP contribution in [0.3, 0.4) is 0 Å². The molecule has 0 aliphatic heterocycles. The van der Waals surface area contributed by atoms with Gasteiger partial charge >= 0.3 is 10.4 Å². The third-order valence-electron chi connectivity index (χ3n) is 5.74. The van der Waals surface area contributed by atoms with Crippen molar-refractivity contribution in [3.63, 3.8) is 0 Å². The second-order valence-corrected chi connectivity index (χ2v) is 9.44. The third-order valence-corrected chi connectivity index (χ3v) is 6.80. The van der Waals surface area contributed by atoms with E-state index in [4.69, 9.17) is 8.37 Å². The number of rotatable bonds is 18. The molecule has 0 spiro atoms. The molecule has 0 aromatic rings. The molecule has 0 amide bonds. The lowest BCUT2D eigenvalue weighted by atomic mass is 9.76. The summed E-state index contributed by atoms with van der Waals surface area (Å²) in [7, 11) is -3.95. The van der Waals surface area contributed by atoms with E-state index in [1.807, 2.05) is 6.92 Å². The van der Waals surface area contributed by atoms with Crippen LogP contribution in [-0.4, -0.2) is 20.6 Å². The zero-order valence-electron chi connectivity index (χ0n) is 18.9. The number of unbranched alkanes of at least 4 members (excludes halogenated alkanes) is 6. The first-order chi connectivity index (χ1) is 12.8. The molecule has 0 radical (unpaired) electrons. The van der Waals surface area contributed by atoms with Gasteiger partial charge in [-0.25, -0.2) is 8.37 Å². The zero-order valence-corrected chi connectivity index (χ0v) is 19.7. The van der Waals surface area contributed by atoms with Gasteiger partial charge in [0.15, 0.2) is 0 Å². The summed E-state index contributed by atoms with van der Waals surface area (Å²) in [6.07, 6.45) is 13.5. The van der Waals surface area contributed by atoms with Gasteiger partial charge < -0.3 is 0 Å². The van der Waals surface area contributed by atoms with Crippen LogP contribution < -0.4 is 0 Å². The van der Waals surface area contributed by atoms with Crippen molar-refractivity contribution in [2.45, 2.75) is 124 Å². The minimum absolute atomic E-state index is 0.110. The summed E-state index contributed by atoms with van der Waals surface area (Å²) in [5, 5.41) is 0. The maximum atomic E-state index is 12.3. The van der Waals surface area contributed by atoms with Crippen molar-refractivity contribution in [1.82, 2.24) is 0 Å². The fourth-order valence-electron chi connectivity index (χ4n) is 4.10. The molecule has 4 nitrogen and oxygen atoms in total. The van der Waals surface area contributed by atoms with Crippen LogP contribution in [0, 0.1) is 11.8 Å². The Morgan fingerprint density at radius 1 is 0.815 bits per heavy atom. The Kier molecular flexibility index (Phi) is 14.7. The topological polar surface area (TPSA) is 52.6 Å². The molecule has 5 heteroatoms. The average molecular weight is 407 g/mol. The lowest BCUT2D eigenvalue weighted by Gasteiger charge is -2.39. The summed E-state index contributed by atoms with van der Waals surface area (Å²) in [5.41, 5.74) is -0.662. The highest BCUT2D eigenvalue weighted by molar-refractivity contribution is 7.81. The Balaban J connectivity index is 4.92. The monoisotopic (exact) mass is 406 g/mol. The van der Waals surface area contributed by atoms with Gasteiger partial charge in [-0.1, -0.05) is 92.4 Å². The van der Waals surface area contributed by atoms with Gasteiger partial charge in [0, 0.05) is 0 Å². The van der Waals surface area contributed by atoms with E-state index in [1.54, 1.807) is 6.92 Å². The molecule has 164 valence electrons. The molecule has 27 heavy (non-hydrogen) atoms. The van der Waals surface area contributed by atoms with Crippen LogP contribution in [0.1, 0.15) is 119 Å². The van der Waals surface area contributed by atoms with Gasteiger partial charge in [-0.3, -0.25) is 0 Å². The van der Waals surface area contributed by atoms with E-state index in [-0.39, 0.29) is 12.5 Å². The van der Waals surface area contributed by atoms with Crippen LogP contribution in [0.25, 0.3) is 0 Å². The highest BCUT2D eigenvalue weighted by Gasteiger charge is 2.41. The van der Waals surface area contributed by atoms with Crippen molar-refractivity contribution in [2.75, 3.05) is 6.61 Å². The van der Waals surface area contributed by atoms with Gasteiger partial charge in [-0.05, 0) is 38.0 Å². The highest BCUT2D eigenvalue weighted by Crippen LogP contribution is 2.38. The van der Waals surface area contributed by atoms with E-state index in [9.17, 15) is 8.42 Å². The van der Waals surface area contributed by atoms with E-state index < -0.39 is 16.0 Å². The van der Waals surface area contributed by atoms with Crippen molar-refractivity contribution in [1.29, 1.82) is 0 Å². The highest BCUT2D eigenvalue weighted by atomic mass is 32.3. The van der Waals surface area contributed by atoms with Crippen LogP contribution in [-0.2, 0) is 18.8 Å². The third kappa shape index (κ3) is 11.5. The minimum Gasteiger partial charge on any atom is -0.248 e. The smallest absolute Gasteiger partial charge is 0.248 e. The van der Waals surface area contributed by atoms with E-state index >= 15 is 0 Å². The SMILES string of the molecule is CCCCCCCCCC(C)C(CC)(CC(C)CCC)OS(=O)(=O)OCC. The standard InChI is InChI=1S/C22H46O4S/c1-7-11-12-13-14-15-16-18-21(6)22(9-3,19-20(5)17-8-2)26-27(23,24)25-10-4/h20-21H,7-19H2,1-6H3. The molecule has 0 N–H and O–H groups in total. The Bertz CT molecular complexity index is 449. The first-order valence-electron chi connectivity index (χ1n) is 11.4. The van der Waals surface area contributed by atoms with Crippen LogP contribution in [0.4, 0.5) is 0 Å². The Hall–Kier alpha value is -0.130. The predicted octanol–water partition coefficient (Wildman–Crippen LogP) is 7.04. The quantitative estimate of drug-likeness (QED) is 0.229. The summed E-state index contributed by atoms with van der Waals surface area (Å²) < 4.78 is 35.2. The van der Waals surface area contributed by atoms with Gasteiger partial charge in [0.25, 0.3) is 0 Å². The molecular weight excluding hydrogens is 360 g/mol. The van der Waals surface area contributed by atoms with Gasteiger partial charge in [0.1, 0.15) is 0 Å². The summed E-state index contributed by atoms with van der Waals surface area (Å²) in [4.78, 5) is 0. The molecule has 3 unspecified atom stereocenters. The van der Waals surface area contributed by atoms with Crippen LogP contribution in [0.2, 0.25) is 0 Å². The molecule has 0 saturated heterocycles. The van der Waals surface area contributed by atoms with E-state index in [0.717, 1.165) is 32.1 Å².